The molecule has 1 atom stereocenters. The van der Waals surface area contributed by atoms with E-state index in [1.165, 1.54) is 0 Å². The van der Waals surface area contributed by atoms with Crippen LogP contribution in [0.5, 0.6) is 0 Å². The van der Waals surface area contributed by atoms with Crippen LogP contribution >= 0.6 is 0 Å². The third-order valence-corrected chi connectivity index (χ3v) is 6.24. The van der Waals surface area contributed by atoms with Crippen LogP contribution in [-0.2, 0) is 26.4 Å². The normalized spacial score (nSPS) is 17.0. The Kier molecular flexibility index (Phi) is 7.92. The lowest BCUT2D eigenvalue weighted by Gasteiger charge is -2.47. The van der Waals surface area contributed by atoms with Crippen molar-refractivity contribution in [2.24, 2.45) is 0 Å². The first-order chi connectivity index (χ1) is 19.2. The molecule has 0 unspecified atom stereocenters. The number of fused-ring (bicyclic) bond motifs is 1. The summed E-state index contributed by atoms with van der Waals surface area (Å²) >= 11 is 0. The molecular weight excluding hydrogens is 522 g/mol. The molecule has 0 saturated heterocycles. The van der Waals surface area contributed by atoms with Gasteiger partial charge in [-0.2, -0.15) is 5.01 Å². The number of benzene rings is 3. The molecule has 1 aliphatic heterocycles. The Morgan fingerprint density at radius 3 is 1.90 bits per heavy atom. The molecule has 1 aliphatic rings. The lowest BCUT2D eigenvalue weighted by Crippen LogP contribution is -2.68. The molecule has 3 aromatic carbocycles. The van der Waals surface area contributed by atoms with Crippen molar-refractivity contribution in [1.82, 2.24) is 15.3 Å². The molecule has 0 aliphatic carbocycles. The predicted molar refractivity (Wildman–Crippen MR) is 152 cm³/mol. The lowest BCUT2D eigenvalue weighted by molar-refractivity contribution is -0.143. The summed E-state index contributed by atoms with van der Waals surface area (Å²) in [6, 6.07) is 24.1. The van der Waals surface area contributed by atoms with Crippen molar-refractivity contribution in [2.75, 3.05) is 0 Å². The van der Waals surface area contributed by atoms with Crippen molar-refractivity contribution in [2.45, 2.75) is 64.8 Å². The highest BCUT2D eigenvalue weighted by molar-refractivity contribution is 6.15. The van der Waals surface area contributed by atoms with Crippen LogP contribution in [0.4, 0.5) is 9.59 Å². The monoisotopic (exact) mass is 557 g/mol. The molecule has 41 heavy (non-hydrogen) atoms. The average molecular weight is 558 g/mol. The zero-order valence-corrected chi connectivity index (χ0v) is 24.1. The molecule has 9 heteroatoms. The second-order valence-corrected chi connectivity index (χ2v) is 11.7. The van der Waals surface area contributed by atoms with Gasteiger partial charge in [-0.1, -0.05) is 78.9 Å². The van der Waals surface area contributed by atoms with E-state index in [2.05, 4.69) is 5.43 Å². The van der Waals surface area contributed by atoms with E-state index in [1.54, 1.807) is 108 Å². The van der Waals surface area contributed by atoms with E-state index in [4.69, 9.17) is 9.47 Å². The number of hydrogen-bond acceptors (Lipinski definition) is 6. The first-order valence-electron chi connectivity index (χ1n) is 13.3. The number of hydrazine groups is 1. The van der Waals surface area contributed by atoms with Gasteiger partial charge in [0.2, 0.25) is 0 Å². The van der Waals surface area contributed by atoms with Crippen molar-refractivity contribution < 1.29 is 28.7 Å². The highest BCUT2D eigenvalue weighted by Gasteiger charge is 2.59. The SMILES string of the molecule is CC(C)(C)OC(=O)NN(C(=O)OC(C)(C)C)[C@]1(c2ccccc2)C(=O)N(Cc2ccccc2)C(=O)c2ccccc21. The van der Waals surface area contributed by atoms with Gasteiger partial charge >= 0.3 is 12.2 Å². The summed E-state index contributed by atoms with van der Waals surface area (Å²) < 4.78 is 11.2. The summed E-state index contributed by atoms with van der Waals surface area (Å²) in [4.78, 5) is 57.1. The van der Waals surface area contributed by atoms with Gasteiger partial charge in [0.15, 0.2) is 5.54 Å². The zero-order chi connectivity index (χ0) is 30.0. The van der Waals surface area contributed by atoms with Gasteiger partial charge in [-0.15, -0.1) is 0 Å². The van der Waals surface area contributed by atoms with E-state index < -0.39 is 40.7 Å². The maximum atomic E-state index is 14.9. The molecule has 0 aromatic heterocycles. The van der Waals surface area contributed by atoms with Gasteiger partial charge < -0.3 is 9.47 Å². The van der Waals surface area contributed by atoms with Crippen LogP contribution in [0.2, 0.25) is 0 Å². The second-order valence-electron chi connectivity index (χ2n) is 11.7. The van der Waals surface area contributed by atoms with Crippen LogP contribution in [0.15, 0.2) is 84.9 Å². The van der Waals surface area contributed by atoms with Crippen LogP contribution in [0.3, 0.4) is 0 Å². The largest absolute Gasteiger partial charge is 0.443 e. The minimum atomic E-state index is -2.03. The predicted octanol–water partition coefficient (Wildman–Crippen LogP) is 5.79. The van der Waals surface area contributed by atoms with E-state index in [0.717, 1.165) is 9.91 Å². The van der Waals surface area contributed by atoms with Crippen LogP contribution in [0, 0.1) is 0 Å². The quantitative estimate of drug-likeness (QED) is 0.322. The maximum Gasteiger partial charge on any atom is 0.431 e. The Morgan fingerprint density at radius 2 is 1.32 bits per heavy atom. The molecule has 3 aromatic rings. The summed E-state index contributed by atoms with van der Waals surface area (Å²) in [6.45, 7) is 10.0. The van der Waals surface area contributed by atoms with E-state index in [9.17, 15) is 19.2 Å². The Hall–Kier alpha value is -4.66. The fourth-order valence-electron chi connectivity index (χ4n) is 4.71. The fourth-order valence-corrected chi connectivity index (χ4v) is 4.71. The van der Waals surface area contributed by atoms with E-state index in [1.807, 2.05) is 18.2 Å². The number of nitrogens with one attached hydrogen (secondary N) is 1. The summed E-state index contributed by atoms with van der Waals surface area (Å²) in [5.41, 5.74) is 0.0519. The van der Waals surface area contributed by atoms with Gasteiger partial charge in [-0.3, -0.25) is 14.5 Å². The van der Waals surface area contributed by atoms with Gasteiger partial charge in [0.25, 0.3) is 11.8 Å². The number of hydrogen-bond donors (Lipinski definition) is 1. The molecule has 0 spiro atoms. The summed E-state index contributed by atoms with van der Waals surface area (Å²) in [5.74, 6) is -1.26. The summed E-state index contributed by atoms with van der Waals surface area (Å²) in [6.07, 6.45) is -1.99. The van der Waals surface area contributed by atoms with E-state index in [0.29, 0.717) is 11.1 Å². The number of amides is 4. The standard InChI is InChI=1S/C32H35N3O6/c1-30(2,3)40-28(38)33-35(29(39)41-31(4,5)6)32(23-17-11-8-12-18-23)25-20-14-13-19-24(25)26(36)34(27(32)37)21-22-15-9-7-10-16-22/h7-20H,21H2,1-6H3,(H,33,38)/t32-/m0/s1. The van der Waals surface area contributed by atoms with Crippen LogP contribution in [0.1, 0.15) is 68.6 Å². The molecule has 4 amide bonds. The fraction of sp³-hybridized carbons (Fsp3) is 0.312. The molecule has 0 radical (unpaired) electrons. The number of nitrogens with zero attached hydrogens (tertiary/aromatic N) is 2. The van der Waals surface area contributed by atoms with Crippen LogP contribution in [0.25, 0.3) is 0 Å². The highest BCUT2D eigenvalue weighted by atomic mass is 16.6. The first-order valence-corrected chi connectivity index (χ1v) is 13.3. The lowest BCUT2D eigenvalue weighted by atomic mass is 9.75. The van der Waals surface area contributed by atoms with Gasteiger partial charge in [0, 0.05) is 11.1 Å². The minimum absolute atomic E-state index is 0.0595. The molecule has 1 heterocycles. The number of carbonyl (C=O) groups is 4. The van der Waals surface area contributed by atoms with E-state index >= 15 is 0 Å². The second kappa shape index (κ2) is 11.1. The molecule has 214 valence electrons. The molecule has 9 nitrogen and oxygen atoms in total. The Bertz CT molecular complexity index is 1440. The van der Waals surface area contributed by atoms with Gasteiger partial charge in [-0.05, 0) is 58.7 Å². The van der Waals surface area contributed by atoms with Gasteiger partial charge in [0.1, 0.15) is 11.2 Å². The van der Waals surface area contributed by atoms with E-state index in [-0.39, 0.29) is 17.7 Å². The van der Waals surface area contributed by atoms with Crippen molar-refractivity contribution >= 4 is 24.0 Å². The van der Waals surface area contributed by atoms with Crippen LogP contribution in [-0.4, -0.2) is 45.1 Å². The smallest absolute Gasteiger partial charge is 0.431 e. The van der Waals surface area contributed by atoms with Crippen molar-refractivity contribution in [3.05, 3.63) is 107 Å². The number of carbonyl (C=O) groups excluding carboxylic acids is 4. The summed E-state index contributed by atoms with van der Waals surface area (Å²) in [5, 5.41) is 0.854. The molecule has 0 saturated carbocycles. The number of ether oxygens (including phenoxy) is 2. The number of rotatable bonds is 4. The molecule has 4 rings (SSSR count). The van der Waals surface area contributed by atoms with Gasteiger partial charge in [-0.25, -0.2) is 15.0 Å². The van der Waals surface area contributed by atoms with Crippen molar-refractivity contribution in [3.8, 4) is 0 Å². The minimum Gasteiger partial charge on any atom is -0.443 e. The first kappa shape index (κ1) is 29.3. The average Bonchev–Trinajstić information content (AvgIpc) is 2.90. The molecule has 0 bridgehead atoms. The van der Waals surface area contributed by atoms with Crippen molar-refractivity contribution in [3.63, 3.8) is 0 Å². The van der Waals surface area contributed by atoms with Crippen LogP contribution < -0.4 is 5.43 Å². The third kappa shape index (κ3) is 6.09. The zero-order valence-electron chi connectivity index (χ0n) is 24.1. The topological polar surface area (TPSA) is 105 Å². The molecule has 0 fully saturated rings. The highest BCUT2D eigenvalue weighted by Crippen LogP contribution is 2.43. The Labute approximate surface area is 240 Å². The third-order valence-electron chi connectivity index (χ3n) is 6.24. The molecular formula is C32H35N3O6. The van der Waals surface area contributed by atoms with Crippen molar-refractivity contribution in [1.29, 1.82) is 0 Å². The number of imide groups is 1. The van der Waals surface area contributed by atoms with Gasteiger partial charge in [0.05, 0.1) is 6.54 Å². The molecule has 1 N–H and O–H groups in total. The Morgan fingerprint density at radius 1 is 0.780 bits per heavy atom. The Balaban J connectivity index is 2.02. The maximum absolute atomic E-state index is 14.9. The summed E-state index contributed by atoms with van der Waals surface area (Å²) in [7, 11) is 0.